The summed E-state index contributed by atoms with van der Waals surface area (Å²) in [6.45, 7) is 1.18. The first kappa shape index (κ1) is 13.2. The number of nitrogen functional groups attached to an aromatic ring is 1. The standard InChI is InChI=1S/C11H14FN5O3/c1-4-15-9(13)7-10(16-4)17(3-14-7)11-6(12)8(19)5(2-18)20-11/h3,5-6,8,11,18-19H,2H2,1H3,(H2,13,15,16)/t5-,6+,8-,11-/m1/s1. The summed E-state index contributed by atoms with van der Waals surface area (Å²) in [5, 5.41) is 18.7. The Kier molecular flexibility index (Phi) is 3.04. The van der Waals surface area contributed by atoms with Crippen LogP contribution in [0.15, 0.2) is 6.33 Å². The number of aliphatic hydroxyl groups excluding tert-OH is 2. The monoisotopic (exact) mass is 283 g/mol. The molecular formula is C11H14FN5O3. The number of aliphatic hydroxyl groups is 2. The first-order valence-corrected chi connectivity index (χ1v) is 6.08. The van der Waals surface area contributed by atoms with E-state index in [0.29, 0.717) is 17.0 Å². The lowest BCUT2D eigenvalue weighted by Gasteiger charge is -2.15. The molecule has 3 rings (SSSR count). The first-order valence-electron chi connectivity index (χ1n) is 6.08. The lowest BCUT2D eigenvalue weighted by Crippen LogP contribution is -2.30. The van der Waals surface area contributed by atoms with Crippen molar-refractivity contribution in [1.82, 2.24) is 19.5 Å². The molecule has 2 aromatic heterocycles. The molecule has 0 radical (unpaired) electrons. The van der Waals surface area contributed by atoms with Crippen LogP contribution in [0.2, 0.25) is 0 Å². The van der Waals surface area contributed by atoms with Crippen molar-refractivity contribution in [3.8, 4) is 0 Å². The SMILES string of the molecule is Cc1nc(N)c2ncn([C@@H]3O[C@H](CO)[C@@H](O)[C@@H]3F)c2n1. The first-order chi connectivity index (χ1) is 9.52. The number of nitrogens with zero attached hydrogens (tertiary/aromatic N) is 4. The molecule has 8 nitrogen and oxygen atoms in total. The van der Waals surface area contributed by atoms with Crippen LogP contribution >= 0.6 is 0 Å². The number of anilines is 1. The number of hydrogen-bond acceptors (Lipinski definition) is 7. The Morgan fingerprint density at radius 3 is 2.90 bits per heavy atom. The van der Waals surface area contributed by atoms with E-state index in [2.05, 4.69) is 15.0 Å². The van der Waals surface area contributed by atoms with E-state index in [1.807, 2.05) is 0 Å². The second kappa shape index (κ2) is 4.62. The van der Waals surface area contributed by atoms with E-state index in [4.69, 9.17) is 15.6 Å². The van der Waals surface area contributed by atoms with Crippen LogP contribution in [0, 0.1) is 6.92 Å². The van der Waals surface area contributed by atoms with Gasteiger partial charge in [-0.2, -0.15) is 0 Å². The number of halogens is 1. The summed E-state index contributed by atoms with van der Waals surface area (Å²) >= 11 is 0. The van der Waals surface area contributed by atoms with Crippen LogP contribution in [0.4, 0.5) is 10.2 Å². The van der Waals surface area contributed by atoms with Gasteiger partial charge >= 0.3 is 0 Å². The minimum atomic E-state index is -1.69. The van der Waals surface area contributed by atoms with Crippen molar-refractivity contribution in [2.45, 2.75) is 31.5 Å². The van der Waals surface area contributed by atoms with Gasteiger partial charge in [-0.3, -0.25) is 4.57 Å². The lowest BCUT2D eigenvalue weighted by molar-refractivity contribution is -0.0459. The van der Waals surface area contributed by atoms with Gasteiger partial charge in [0.05, 0.1) is 12.9 Å². The quantitative estimate of drug-likeness (QED) is 0.667. The molecule has 4 N–H and O–H groups in total. The van der Waals surface area contributed by atoms with E-state index in [0.717, 1.165) is 0 Å². The van der Waals surface area contributed by atoms with E-state index in [1.165, 1.54) is 10.9 Å². The molecule has 0 amide bonds. The molecule has 4 atom stereocenters. The zero-order valence-corrected chi connectivity index (χ0v) is 10.6. The summed E-state index contributed by atoms with van der Waals surface area (Å²) in [5.41, 5.74) is 6.40. The van der Waals surface area contributed by atoms with Crippen LogP contribution in [0.25, 0.3) is 11.2 Å². The predicted molar refractivity (Wildman–Crippen MR) is 66.4 cm³/mol. The minimum absolute atomic E-state index is 0.193. The van der Waals surface area contributed by atoms with Gasteiger partial charge in [-0.1, -0.05) is 0 Å². The zero-order chi connectivity index (χ0) is 14.4. The van der Waals surface area contributed by atoms with Crippen molar-refractivity contribution in [2.24, 2.45) is 0 Å². The fourth-order valence-corrected chi connectivity index (χ4v) is 2.32. The smallest absolute Gasteiger partial charge is 0.173 e. The molecule has 1 fully saturated rings. The molecule has 1 aliphatic rings. The molecule has 20 heavy (non-hydrogen) atoms. The highest BCUT2D eigenvalue weighted by molar-refractivity contribution is 5.81. The lowest BCUT2D eigenvalue weighted by atomic mass is 10.1. The van der Waals surface area contributed by atoms with Gasteiger partial charge in [-0.25, -0.2) is 19.3 Å². The van der Waals surface area contributed by atoms with Crippen molar-refractivity contribution in [3.63, 3.8) is 0 Å². The minimum Gasteiger partial charge on any atom is -0.394 e. The van der Waals surface area contributed by atoms with Gasteiger partial charge < -0.3 is 20.7 Å². The Morgan fingerprint density at radius 2 is 2.25 bits per heavy atom. The molecule has 2 aromatic rings. The van der Waals surface area contributed by atoms with Crippen LogP contribution in [-0.4, -0.2) is 54.7 Å². The third-order valence-electron chi connectivity index (χ3n) is 3.31. The molecule has 1 aliphatic heterocycles. The average Bonchev–Trinajstić information content (AvgIpc) is 2.93. The molecule has 108 valence electrons. The Balaban J connectivity index is 2.07. The van der Waals surface area contributed by atoms with Crippen LogP contribution in [-0.2, 0) is 4.74 Å². The van der Waals surface area contributed by atoms with Crippen molar-refractivity contribution in [1.29, 1.82) is 0 Å². The van der Waals surface area contributed by atoms with Crippen molar-refractivity contribution in [3.05, 3.63) is 12.2 Å². The maximum atomic E-state index is 14.1. The Hall–Kier alpha value is -1.84. The molecule has 3 heterocycles. The van der Waals surface area contributed by atoms with Crippen LogP contribution in [0.3, 0.4) is 0 Å². The second-order valence-electron chi connectivity index (χ2n) is 4.66. The van der Waals surface area contributed by atoms with Crippen molar-refractivity contribution >= 4 is 17.0 Å². The maximum absolute atomic E-state index is 14.1. The highest BCUT2D eigenvalue weighted by Crippen LogP contribution is 2.33. The molecule has 1 saturated heterocycles. The number of nitrogens with two attached hydrogens (primary N) is 1. The molecule has 0 bridgehead atoms. The number of alkyl halides is 1. The Morgan fingerprint density at radius 1 is 1.50 bits per heavy atom. The van der Waals surface area contributed by atoms with Crippen molar-refractivity contribution in [2.75, 3.05) is 12.3 Å². The number of rotatable bonds is 2. The summed E-state index contributed by atoms with van der Waals surface area (Å²) in [4.78, 5) is 12.2. The van der Waals surface area contributed by atoms with Gasteiger partial charge in [0.15, 0.2) is 23.9 Å². The summed E-state index contributed by atoms with van der Waals surface area (Å²) in [5.74, 6) is 0.614. The summed E-state index contributed by atoms with van der Waals surface area (Å²) in [7, 11) is 0. The third-order valence-corrected chi connectivity index (χ3v) is 3.31. The summed E-state index contributed by atoms with van der Waals surface area (Å²) < 4.78 is 20.8. The number of aromatic nitrogens is 4. The normalized spacial score (nSPS) is 30.2. The number of imidazole rings is 1. The van der Waals surface area contributed by atoms with Crippen LogP contribution in [0.5, 0.6) is 0 Å². The highest BCUT2D eigenvalue weighted by Gasteiger charge is 2.45. The van der Waals surface area contributed by atoms with Crippen LogP contribution < -0.4 is 5.73 Å². The molecule has 0 aliphatic carbocycles. The summed E-state index contributed by atoms with van der Waals surface area (Å²) in [6.07, 6.45) is -3.85. The molecule has 0 aromatic carbocycles. The fraction of sp³-hybridized carbons (Fsp3) is 0.545. The van der Waals surface area contributed by atoms with Gasteiger partial charge in [0.2, 0.25) is 0 Å². The molecule has 0 spiro atoms. The van der Waals surface area contributed by atoms with Gasteiger partial charge in [0.25, 0.3) is 0 Å². The number of ether oxygens (including phenoxy) is 1. The van der Waals surface area contributed by atoms with Gasteiger partial charge in [-0.05, 0) is 6.92 Å². The van der Waals surface area contributed by atoms with E-state index < -0.39 is 31.2 Å². The fourth-order valence-electron chi connectivity index (χ4n) is 2.32. The topological polar surface area (TPSA) is 119 Å². The largest absolute Gasteiger partial charge is 0.394 e. The maximum Gasteiger partial charge on any atom is 0.173 e. The zero-order valence-electron chi connectivity index (χ0n) is 10.6. The second-order valence-corrected chi connectivity index (χ2v) is 4.66. The molecule has 9 heteroatoms. The number of fused-ring (bicyclic) bond motifs is 1. The molecule has 0 saturated carbocycles. The van der Waals surface area contributed by atoms with Gasteiger partial charge in [0, 0.05) is 0 Å². The van der Waals surface area contributed by atoms with E-state index in [-0.39, 0.29) is 5.82 Å². The molecular weight excluding hydrogens is 269 g/mol. The Labute approximate surface area is 113 Å². The van der Waals surface area contributed by atoms with Crippen LogP contribution in [0.1, 0.15) is 12.1 Å². The van der Waals surface area contributed by atoms with E-state index >= 15 is 0 Å². The Bertz CT molecular complexity index is 648. The third kappa shape index (κ3) is 1.82. The number of hydrogen-bond donors (Lipinski definition) is 3. The highest BCUT2D eigenvalue weighted by atomic mass is 19.1. The molecule has 0 unspecified atom stereocenters. The van der Waals surface area contributed by atoms with Gasteiger partial charge in [0.1, 0.15) is 23.5 Å². The van der Waals surface area contributed by atoms with E-state index in [9.17, 15) is 9.50 Å². The predicted octanol–water partition coefficient (Wildman–Crippen LogP) is -0.694. The number of aryl methyl sites for hydroxylation is 1. The van der Waals surface area contributed by atoms with E-state index in [1.54, 1.807) is 6.92 Å². The average molecular weight is 283 g/mol. The van der Waals surface area contributed by atoms with Gasteiger partial charge in [-0.15, -0.1) is 0 Å². The van der Waals surface area contributed by atoms with Crippen molar-refractivity contribution < 1.29 is 19.3 Å². The summed E-state index contributed by atoms with van der Waals surface area (Å²) in [6, 6.07) is 0.